The molecule has 7 rings (SSSR count). The highest BCUT2D eigenvalue weighted by molar-refractivity contribution is 8.17. The number of thiol groups is 1. The zero-order valence-electron chi connectivity index (χ0n) is 28.3. The summed E-state index contributed by atoms with van der Waals surface area (Å²) in [4.78, 5) is 2.21. The summed E-state index contributed by atoms with van der Waals surface area (Å²) in [5.74, 6) is 0.319. The fourth-order valence-electron chi connectivity index (χ4n) is 6.61. The topological polar surface area (TPSA) is 55.4 Å². The molecule has 0 spiro atoms. The standard InChI is InChI=1S/C34H44B3FO6S/c1-29(2)30(3,4)40-35(39-29)25-18-24-23-16-21-14-12-13-15-22(21)17-27(23)45(28(24)19-26(25)38)20-34(11)33(9,10)43-37(44-34)36-41-31(5,6)32(7,8)42-36/h12-19,45H,20H2,1-11H3. The monoisotopic (exact) mass is 632 g/mol. The Morgan fingerprint density at radius 3 is 1.64 bits per heavy atom. The van der Waals surface area contributed by atoms with Gasteiger partial charge in [0.2, 0.25) is 0 Å². The van der Waals surface area contributed by atoms with Crippen molar-refractivity contribution in [3.63, 3.8) is 0 Å². The minimum Gasteiger partial charge on any atom is -0.405 e. The van der Waals surface area contributed by atoms with Crippen LogP contribution in [0.25, 0.3) is 21.9 Å². The third-order valence-electron chi connectivity index (χ3n) is 11.4. The zero-order chi connectivity index (χ0) is 32.5. The van der Waals surface area contributed by atoms with E-state index in [2.05, 4.69) is 57.2 Å². The Morgan fingerprint density at radius 1 is 0.578 bits per heavy atom. The van der Waals surface area contributed by atoms with Gasteiger partial charge in [-0.2, -0.15) is 10.9 Å². The Morgan fingerprint density at radius 2 is 1.04 bits per heavy atom. The molecule has 3 saturated heterocycles. The van der Waals surface area contributed by atoms with Crippen LogP contribution in [-0.4, -0.2) is 60.5 Å². The largest absolute Gasteiger partial charge is 0.497 e. The van der Waals surface area contributed by atoms with Gasteiger partial charge in [-0.1, -0.05) is 30.3 Å². The van der Waals surface area contributed by atoms with Gasteiger partial charge in [0.1, 0.15) is 5.82 Å². The fourth-order valence-corrected chi connectivity index (χ4v) is 9.79. The highest BCUT2D eigenvalue weighted by Gasteiger charge is 2.65. The zero-order valence-corrected chi connectivity index (χ0v) is 29.2. The quantitative estimate of drug-likeness (QED) is 0.249. The first kappa shape index (κ1) is 31.7. The van der Waals surface area contributed by atoms with Crippen LogP contribution in [0.3, 0.4) is 0 Å². The van der Waals surface area contributed by atoms with Crippen LogP contribution in [-0.2, 0) is 27.9 Å². The second kappa shape index (κ2) is 9.85. The van der Waals surface area contributed by atoms with Gasteiger partial charge in [-0.05, 0) is 116 Å². The van der Waals surface area contributed by atoms with Gasteiger partial charge in [0.25, 0.3) is 0 Å². The lowest BCUT2D eigenvalue weighted by Crippen LogP contribution is -2.47. The third-order valence-corrected chi connectivity index (χ3v) is 14.2. The summed E-state index contributed by atoms with van der Waals surface area (Å²) < 4.78 is 54.8. The molecule has 45 heavy (non-hydrogen) atoms. The predicted molar refractivity (Wildman–Crippen MR) is 182 cm³/mol. The molecule has 3 aromatic carbocycles. The average molecular weight is 632 g/mol. The van der Waals surface area contributed by atoms with E-state index >= 15 is 4.39 Å². The molecule has 0 saturated carbocycles. The van der Waals surface area contributed by atoms with E-state index in [1.807, 2.05) is 61.5 Å². The lowest BCUT2D eigenvalue weighted by molar-refractivity contribution is 0.00578. The molecule has 2 atom stereocenters. The summed E-state index contributed by atoms with van der Waals surface area (Å²) in [5, 5.41) is 2.31. The molecule has 4 aliphatic rings. The van der Waals surface area contributed by atoms with Gasteiger partial charge in [-0.25, -0.2) is 4.39 Å². The van der Waals surface area contributed by atoms with E-state index < -0.39 is 65.6 Å². The smallest absolute Gasteiger partial charge is 0.405 e. The molecule has 11 heteroatoms. The van der Waals surface area contributed by atoms with Gasteiger partial charge in [-0.3, -0.25) is 0 Å². The summed E-state index contributed by atoms with van der Waals surface area (Å²) in [7, 11) is -3.17. The van der Waals surface area contributed by atoms with Crippen LogP contribution in [0.15, 0.2) is 58.3 Å². The molecule has 3 fully saturated rings. The molecule has 6 nitrogen and oxygen atoms in total. The van der Waals surface area contributed by atoms with Crippen molar-refractivity contribution in [2.45, 2.75) is 120 Å². The second-order valence-corrected chi connectivity index (χ2v) is 17.9. The second-order valence-electron chi connectivity index (χ2n) is 15.8. The van der Waals surface area contributed by atoms with E-state index in [-0.39, 0.29) is 5.82 Å². The number of rotatable bonds is 4. The summed E-state index contributed by atoms with van der Waals surface area (Å²) in [6.07, 6.45) is 0. The highest BCUT2D eigenvalue weighted by atomic mass is 32.2. The number of fused-ring (bicyclic) bond motifs is 4. The molecule has 3 aromatic rings. The third kappa shape index (κ3) is 4.79. The lowest BCUT2D eigenvalue weighted by Gasteiger charge is -2.40. The fraction of sp³-hybridized carbons (Fsp3) is 0.529. The number of benzene rings is 3. The van der Waals surface area contributed by atoms with Crippen LogP contribution in [0.1, 0.15) is 76.2 Å². The maximum Gasteiger partial charge on any atom is 0.497 e. The molecule has 2 unspecified atom stereocenters. The van der Waals surface area contributed by atoms with Gasteiger partial charge >= 0.3 is 21.1 Å². The van der Waals surface area contributed by atoms with Crippen molar-refractivity contribution in [2.24, 2.45) is 0 Å². The Hall–Kier alpha value is -1.85. The Bertz CT molecular complexity index is 1680. The molecule has 0 aromatic heterocycles. The summed E-state index contributed by atoms with van der Waals surface area (Å²) in [6.45, 7) is 22.3. The van der Waals surface area contributed by atoms with E-state index in [1.165, 1.54) is 4.90 Å². The molecular formula is C34H44B3FO6S. The SMILES string of the molecule is CC1(C)OB(B2OC(C)(C)C(C)(C[SH]3c4cc(F)c(B5OC(C)(C)C(C)(C)O5)cc4-c4cc5ccccc5cc43)O2)OC1(C)C. The van der Waals surface area contributed by atoms with Crippen molar-refractivity contribution in [3.8, 4) is 11.1 Å². The normalized spacial score (nSPS) is 29.4. The van der Waals surface area contributed by atoms with Crippen LogP contribution >= 0.6 is 10.9 Å². The molecule has 0 amide bonds. The van der Waals surface area contributed by atoms with Crippen LogP contribution < -0.4 is 5.46 Å². The van der Waals surface area contributed by atoms with E-state index in [1.54, 1.807) is 6.07 Å². The molecule has 4 heterocycles. The molecule has 0 radical (unpaired) electrons. The van der Waals surface area contributed by atoms with Gasteiger partial charge in [0.15, 0.2) is 0 Å². The van der Waals surface area contributed by atoms with Crippen LogP contribution in [0.4, 0.5) is 4.39 Å². The number of hydrogen-bond donors (Lipinski definition) is 1. The highest BCUT2D eigenvalue weighted by Crippen LogP contribution is 2.62. The van der Waals surface area contributed by atoms with Crippen molar-refractivity contribution in [3.05, 3.63) is 54.3 Å². The van der Waals surface area contributed by atoms with Crippen LogP contribution in [0.2, 0.25) is 0 Å². The summed E-state index contributed by atoms with van der Waals surface area (Å²) in [5.41, 5.74) is -0.955. The average Bonchev–Trinajstić information content (AvgIpc) is 3.50. The van der Waals surface area contributed by atoms with Crippen molar-refractivity contribution in [2.75, 3.05) is 5.75 Å². The number of hydrogen-bond acceptors (Lipinski definition) is 6. The van der Waals surface area contributed by atoms with Crippen LogP contribution in [0, 0.1) is 5.82 Å². The molecule has 4 aliphatic heterocycles. The summed E-state index contributed by atoms with van der Waals surface area (Å²) >= 11 is 0. The van der Waals surface area contributed by atoms with E-state index in [9.17, 15) is 0 Å². The molecule has 0 N–H and O–H groups in total. The summed E-state index contributed by atoms with van der Waals surface area (Å²) in [6, 6.07) is 16.6. The van der Waals surface area contributed by atoms with E-state index in [4.69, 9.17) is 27.9 Å². The minimum absolute atomic E-state index is 0.319. The molecular weight excluding hydrogens is 588 g/mol. The molecule has 238 valence electrons. The molecule has 0 bridgehead atoms. The lowest BCUT2D eigenvalue weighted by atomic mass is 9.49. The van der Waals surface area contributed by atoms with Gasteiger partial charge in [-0.15, -0.1) is 0 Å². The van der Waals surface area contributed by atoms with Crippen LogP contribution in [0.5, 0.6) is 0 Å². The maximum absolute atomic E-state index is 16.2. The maximum atomic E-state index is 16.2. The first-order valence-electron chi connectivity index (χ1n) is 16.0. The van der Waals surface area contributed by atoms with Crippen molar-refractivity contribution >= 4 is 48.3 Å². The predicted octanol–water partition coefficient (Wildman–Crippen LogP) is 6.92. The Labute approximate surface area is 270 Å². The van der Waals surface area contributed by atoms with E-state index in [0.717, 1.165) is 26.8 Å². The Kier molecular flexibility index (Phi) is 6.94. The first-order valence-corrected chi connectivity index (χ1v) is 17.5. The van der Waals surface area contributed by atoms with Gasteiger partial charge in [0.05, 0.1) is 33.6 Å². The number of halogens is 1. The van der Waals surface area contributed by atoms with E-state index in [0.29, 0.717) is 11.2 Å². The van der Waals surface area contributed by atoms with Crippen molar-refractivity contribution in [1.29, 1.82) is 0 Å². The van der Waals surface area contributed by atoms with Gasteiger partial charge < -0.3 is 27.9 Å². The van der Waals surface area contributed by atoms with Gasteiger partial charge in [0, 0.05) is 21.0 Å². The Balaban J connectivity index is 1.29. The minimum atomic E-state index is -1.02. The first-order chi connectivity index (χ1) is 20.7. The van der Waals surface area contributed by atoms with Crippen molar-refractivity contribution in [1.82, 2.24) is 0 Å². The molecule has 0 aliphatic carbocycles. The van der Waals surface area contributed by atoms with Crippen molar-refractivity contribution < 1.29 is 32.3 Å².